The Balaban J connectivity index is 1.90. The van der Waals surface area contributed by atoms with Crippen LogP contribution >= 0.6 is 34.8 Å². The lowest BCUT2D eigenvalue weighted by Crippen LogP contribution is -2.07. The Labute approximate surface area is 152 Å². The number of aromatic nitrogens is 1. The summed E-state index contributed by atoms with van der Waals surface area (Å²) >= 11 is 18.0. The van der Waals surface area contributed by atoms with Crippen LogP contribution in [0.5, 0.6) is 11.6 Å². The van der Waals surface area contributed by atoms with E-state index >= 15 is 0 Å². The average Bonchev–Trinajstić information content (AvgIpc) is 2.81. The lowest BCUT2D eigenvalue weighted by Gasteiger charge is -2.10. The molecule has 1 N–H and O–H groups in total. The van der Waals surface area contributed by atoms with Gasteiger partial charge in [0.05, 0.1) is 17.1 Å². The molecule has 3 rings (SSSR count). The summed E-state index contributed by atoms with van der Waals surface area (Å²) in [5, 5.41) is 14.8. The second-order valence-electron chi connectivity index (χ2n) is 5.00. The largest absolute Gasteiger partial charge is 0.493 e. The maximum atomic E-state index is 11.1. The van der Waals surface area contributed by atoms with E-state index in [0.29, 0.717) is 31.7 Å². The van der Waals surface area contributed by atoms with E-state index in [1.54, 1.807) is 24.3 Å². The molecule has 0 saturated heterocycles. The summed E-state index contributed by atoms with van der Waals surface area (Å²) < 4.78 is 7.08. The number of ether oxygens (including phenoxy) is 1. The monoisotopic (exact) mass is 384 g/mol. The Bertz CT molecular complexity index is 907. The number of hydrogen-bond donors (Lipinski definition) is 1. The molecule has 3 aromatic rings. The smallest absolute Gasteiger partial charge is 0.222 e. The molecule has 0 unspecified atom stereocenters. The van der Waals surface area contributed by atoms with Crippen LogP contribution in [-0.4, -0.2) is 16.3 Å². The van der Waals surface area contributed by atoms with Gasteiger partial charge in [0.15, 0.2) is 5.69 Å². The highest BCUT2D eigenvalue weighted by Gasteiger charge is 2.20. The predicted molar refractivity (Wildman–Crippen MR) is 96.0 cm³/mol. The number of rotatable bonds is 5. The normalized spacial score (nSPS) is 11.0. The minimum atomic E-state index is -0.274. The molecule has 5 nitrogen and oxygen atoms in total. The molecule has 1 aromatic heterocycles. The molecule has 0 spiro atoms. The highest BCUT2D eigenvalue weighted by atomic mass is 35.5. The van der Waals surface area contributed by atoms with E-state index in [2.05, 4.69) is 5.18 Å². The molecule has 124 valence electrons. The van der Waals surface area contributed by atoms with E-state index in [-0.39, 0.29) is 24.7 Å². The van der Waals surface area contributed by atoms with Crippen LogP contribution in [0, 0.1) is 4.91 Å². The molecule has 2 aromatic carbocycles. The second-order valence-corrected chi connectivity index (χ2v) is 6.28. The topological polar surface area (TPSA) is 63.8 Å². The zero-order chi connectivity index (χ0) is 17.3. The lowest BCUT2D eigenvalue weighted by molar-refractivity contribution is 0.290. The Morgan fingerprint density at radius 1 is 1.08 bits per heavy atom. The first kappa shape index (κ1) is 16.9. The van der Waals surface area contributed by atoms with E-state index in [9.17, 15) is 10.0 Å². The fourth-order valence-corrected chi connectivity index (χ4v) is 3.19. The molecular formula is C16H11Cl3N2O3. The first-order chi connectivity index (χ1) is 11.5. The van der Waals surface area contributed by atoms with Crippen LogP contribution in [0.3, 0.4) is 0 Å². The van der Waals surface area contributed by atoms with Gasteiger partial charge in [-0.3, -0.25) is 0 Å². The van der Waals surface area contributed by atoms with Gasteiger partial charge in [0, 0.05) is 15.4 Å². The van der Waals surface area contributed by atoms with Crippen LogP contribution in [0.2, 0.25) is 15.1 Å². The molecule has 0 saturated carbocycles. The maximum Gasteiger partial charge on any atom is 0.222 e. The first-order valence-corrected chi connectivity index (χ1v) is 8.06. The van der Waals surface area contributed by atoms with E-state index in [0.717, 1.165) is 0 Å². The predicted octanol–water partition coefficient (Wildman–Crippen LogP) is 5.78. The van der Waals surface area contributed by atoms with E-state index in [1.165, 1.54) is 16.7 Å². The number of benzene rings is 2. The molecule has 0 atom stereocenters. The van der Waals surface area contributed by atoms with Gasteiger partial charge in [-0.05, 0) is 41.6 Å². The third-order valence-electron chi connectivity index (χ3n) is 3.51. The summed E-state index contributed by atoms with van der Waals surface area (Å²) in [5.41, 5.74) is 0.383. The van der Waals surface area contributed by atoms with Crippen LogP contribution in [0.1, 0.15) is 0 Å². The Hall–Kier alpha value is -1.95. The second kappa shape index (κ2) is 6.89. The number of aromatic hydroxyl groups is 1. The summed E-state index contributed by atoms with van der Waals surface area (Å²) in [6.45, 7) is 0.512. The van der Waals surface area contributed by atoms with Crippen LogP contribution in [-0.2, 0) is 6.54 Å². The van der Waals surface area contributed by atoms with E-state index in [1.807, 2.05) is 0 Å². The summed E-state index contributed by atoms with van der Waals surface area (Å²) in [5.74, 6) is 0.363. The van der Waals surface area contributed by atoms with Crippen molar-refractivity contribution in [1.29, 1.82) is 0 Å². The number of fused-ring (bicyclic) bond motifs is 1. The molecule has 0 radical (unpaired) electrons. The van der Waals surface area contributed by atoms with Gasteiger partial charge in [0.25, 0.3) is 0 Å². The average molecular weight is 386 g/mol. The summed E-state index contributed by atoms with van der Waals surface area (Å²) in [4.78, 5) is 11.1. The number of halogens is 3. The van der Waals surface area contributed by atoms with Crippen molar-refractivity contribution in [2.45, 2.75) is 6.54 Å². The van der Waals surface area contributed by atoms with Gasteiger partial charge in [-0.25, -0.2) is 0 Å². The van der Waals surface area contributed by atoms with Crippen molar-refractivity contribution in [2.24, 2.45) is 5.18 Å². The molecule has 24 heavy (non-hydrogen) atoms. The highest BCUT2D eigenvalue weighted by molar-refractivity contribution is 6.39. The highest BCUT2D eigenvalue weighted by Crippen LogP contribution is 2.42. The Morgan fingerprint density at radius 2 is 1.79 bits per heavy atom. The Morgan fingerprint density at radius 3 is 2.46 bits per heavy atom. The first-order valence-electron chi connectivity index (χ1n) is 6.93. The molecule has 0 aliphatic rings. The van der Waals surface area contributed by atoms with Gasteiger partial charge in [0.2, 0.25) is 5.88 Å². The SMILES string of the molecule is O=Nc1c(O)n(CCOc2ccc(Cl)cc2)c2c(Cl)cc(Cl)cc12. The molecule has 0 amide bonds. The zero-order valence-electron chi connectivity index (χ0n) is 12.2. The van der Waals surface area contributed by atoms with Crippen molar-refractivity contribution in [3.8, 4) is 11.6 Å². The fourth-order valence-electron chi connectivity index (χ4n) is 2.47. The fraction of sp³-hybridized carbons (Fsp3) is 0.125. The molecule has 8 heteroatoms. The van der Waals surface area contributed by atoms with E-state index < -0.39 is 0 Å². The van der Waals surface area contributed by atoms with Gasteiger partial charge in [-0.2, -0.15) is 0 Å². The van der Waals surface area contributed by atoms with Crippen molar-refractivity contribution < 1.29 is 9.84 Å². The molecule has 0 aliphatic heterocycles. The summed E-state index contributed by atoms with van der Waals surface area (Å²) in [6.07, 6.45) is 0. The van der Waals surface area contributed by atoms with Crippen molar-refractivity contribution in [3.63, 3.8) is 0 Å². The minimum Gasteiger partial charge on any atom is -0.493 e. The van der Waals surface area contributed by atoms with Crippen LogP contribution in [0.25, 0.3) is 10.9 Å². The summed E-state index contributed by atoms with van der Waals surface area (Å²) in [6, 6.07) is 9.98. The zero-order valence-corrected chi connectivity index (χ0v) is 14.4. The third kappa shape index (κ3) is 3.15. The number of hydrogen-bond acceptors (Lipinski definition) is 4. The van der Waals surface area contributed by atoms with Crippen LogP contribution in [0.4, 0.5) is 5.69 Å². The van der Waals surface area contributed by atoms with Gasteiger partial charge >= 0.3 is 0 Å². The molecular weight excluding hydrogens is 375 g/mol. The standard InChI is InChI=1S/C16H11Cl3N2O3/c17-9-1-3-11(4-2-9)24-6-5-21-15-12(14(20-23)16(21)22)7-10(18)8-13(15)19/h1-4,7-8,22H,5-6H2. The van der Waals surface area contributed by atoms with Gasteiger partial charge in [0.1, 0.15) is 12.4 Å². The van der Waals surface area contributed by atoms with Crippen LogP contribution in [0.15, 0.2) is 41.6 Å². The van der Waals surface area contributed by atoms with Crippen molar-refractivity contribution in [2.75, 3.05) is 6.61 Å². The van der Waals surface area contributed by atoms with Crippen molar-refractivity contribution in [1.82, 2.24) is 4.57 Å². The molecule has 1 heterocycles. The molecule has 0 fully saturated rings. The van der Waals surface area contributed by atoms with Gasteiger partial charge in [-0.1, -0.05) is 34.8 Å². The van der Waals surface area contributed by atoms with Gasteiger partial charge < -0.3 is 14.4 Å². The number of nitroso groups, excluding NO2 is 1. The maximum absolute atomic E-state index is 11.1. The minimum absolute atomic E-state index is 0.0964. The quantitative estimate of drug-likeness (QED) is 0.566. The molecule has 0 bridgehead atoms. The van der Waals surface area contributed by atoms with Gasteiger partial charge in [-0.15, -0.1) is 4.91 Å². The van der Waals surface area contributed by atoms with Crippen LogP contribution < -0.4 is 4.74 Å². The van der Waals surface area contributed by atoms with E-state index in [4.69, 9.17) is 39.5 Å². The van der Waals surface area contributed by atoms with Crippen molar-refractivity contribution in [3.05, 3.63) is 56.4 Å². The third-order valence-corrected chi connectivity index (χ3v) is 4.27. The molecule has 0 aliphatic carbocycles. The van der Waals surface area contributed by atoms with Crippen molar-refractivity contribution >= 4 is 51.4 Å². The lowest BCUT2D eigenvalue weighted by atomic mass is 10.2. The Kier molecular flexibility index (Phi) is 4.85. The summed E-state index contributed by atoms with van der Waals surface area (Å²) in [7, 11) is 0. The number of nitrogens with zero attached hydrogens (tertiary/aromatic N) is 2.